The molecule has 0 fully saturated rings. The minimum atomic E-state index is -0.490. The Kier molecular flexibility index (Phi) is 4.51. The first-order valence-electron chi connectivity index (χ1n) is 5.62. The van der Waals surface area contributed by atoms with E-state index in [-0.39, 0.29) is 5.69 Å². The van der Waals surface area contributed by atoms with E-state index in [1.165, 1.54) is 24.3 Å². The van der Waals surface area contributed by atoms with Crippen LogP contribution in [0, 0.1) is 13.7 Å². The molecule has 2 N–H and O–H groups in total. The summed E-state index contributed by atoms with van der Waals surface area (Å²) < 4.78 is 1.01. The normalized spacial score (nSPS) is 9.85. The molecule has 0 spiro atoms. The van der Waals surface area contributed by atoms with Crippen molar-refractivity contribution in [3.05, 3.63) is 62.2 Å². The summed E-state index contributed by atoms with van der Waals surface area (Å²) in [6, 6.07) is 12.6. The van der Waals surface area contributed by atoms with Crippen molar-refractivity contribution in [1.29, 1.82) is 0 Å². The molecule has 0 aliphatic carbocycles. The van der Waals surface area contributed by atoms with Crippen molar-refractivity contribution in [1.82, 2.24) is 0 Å². The summed E-state index contributed by atoms with van der Waals surface area (Å²) in [5.41, 5.74) is 1.14. The molecule has 0 saturated carbocycles. The molecule has 0 bridgehead atoms. The number of anilines is 2. The Hall–Kier alpha value is -2.16. The molecule has 0 aromatic heterocycles. The maximum atomic E-state index is 11.8. The lowest BCUT2D eigenvalue weighted by Crippen LogP contribution is -2.19. The predicted octanol–water partition coefficient (Wildman–Crippen LogP) is 3.84. The highest BCUT2D eigenvalue weighted by atomic mass is 127. The first-order valence-corrected chi connectivity index (χ1v) is 6.70. The van der Waals surface area contributed by atoms with Gasteiger partial charge in [-0.05, 0) is 52.9 Å². The number of amides is 2. The zero-order chi connectivity index (χ0) is 14.5. The molecule has 0 unspecified atom stereocenters. The SMILES string of the molecule is O=C(Nc1ccc([N+](=O)[O-])cc1)Nc1cccc(I)c1. The molecule has 0 radical (unpaired) electrons. The zero-order valence-corrected chi connectivity index (χ0v) is 12.3. The molecular weight excluding hydrogens is 373 g/mol. The number of nitro groups is 1. The van der Waals surface area contributed by atoms with Crippen LogP contribution in [0.25, 0.3) is 0 Å². The van der Waals surface area contributed by atoms with Gasteiger partial charge >= 0.3 is 6.03 Å². The number of hydrogen-bond acceptors (Lipinski definition) is 3. The number of halogens is 1. The number of nitrogens with one attached hydrogen (secondary N) is 2. The van der Waals surface area contributed by atoms with Gasteiger partial charge in [0.2, 0.25) is 0 Å². The van der Waals surface area contributed by atoms with Gasteiger partial charge in [-0.2, -0.15) is 0 Å². The molecule has 0 aliphatic heterocycles. The van der Waals surface area contributed by atoms with E-state index in [1.54, 1.807) is 6.07 Å². The predicted molar refractivity (Wildman–Crippen MR) is 84.9 cm³/mol. The van der Waals surface area contributed by atoms with Crippen LogP contribution in [0.3, 0.4) is 0 Å². The van der Waals surface area contributed by atoms with Crippen molar-refractivity contribution in [2.45, 2.75) is 0 Å². The summed E-state index contributed by atoms with van der Waals surface area (Å²) in [6.45, 7) is 0. The second kappa shape index (κ2) is 6.33. The molecule has 0 heterocycles. The molecular formula is C13H10IN3O3. The lowest BCUT2D eigenvalue weighted by atomic mass is 10.3. The Balaban J connectivity index is 1.99. The fourth-order valence-corrected chi connectivity index (χ4v) is 2.07. The summed E-state index contributed by atoms with van der Waals surface area (Å²) >= 11 is 2.15. The Morgan fingerprint density at radius 3 is 2.30 bits per heavy atom. The number of rotatable bonds is 3. The Labute approximate surface area is 128 Å². The molecule has 2 rings (SSSR count). The first-order chi connectivity index (χ1) is 9.54. The van der Waals surface area contributed by atoms with Crippen molar-refractivity contribution < 1.29 is 9.72 Å². The molecule has 0 atom stereocenters. The number of carbonyl (C=O) groups is 1. The fourth-order valence-electron chi connectivity index (χ4n) is 1.53. The van der Waals surface area contributed by atoms with E-state index < -0.39 is 11.0 Å². The number of non-ortho nitro benzene ring substituents is 1. The van der Waals surface area contributed by atoms with Crippen molar-refractivity contribution in [3.8, 4) is 0 Å². The van der Waals surface area contributed by atoms with Gasteiger partial charge in [-0.25, -0.2) is 4.79 Å². The van der Waals surface area contributed by atoms with Crippen LogP contribution in [0.1, 0.15) is 0 Å². The molecule has 0 aliphatic rings. The smallest absolute Gasteiger partial charge is 0.308 e. The number of nitro benzene ring substituents is 1. The maximum absolute atomic E-state index is 11.8. The second-order valence-electron chi connectivity index (χ2n) is 3.89. The average Bonchev–Trinajstić information content (AvgIpc) is 2.39. The summed E-state index contributed by atoms with van der Waals surface area (Å²) in [5.74, 6) is 0. The molecule has 2 aromatic rings. The van der Waals surface area contributed by atoms with Gasteiger partial charge in [0, 0.05) is 27.1 Å². The Morgan fingerprint density at radius 1 is 1.05 bits per heavy atom. The van der Waals surface area contributed by atoms with Crippen LogP contribution < -0.4 is 10.6 Å². The summed E-state index contributed by atoms with van der Waals surface area (Å²) in [7, 11) is 0. The lowest BCUT2D eigenvalue weighted by Gasteiger charge is -2.07. The molecule has 0 saturated heterocycles. The van der Waals surface area contributed by atoms with Crippen molar-refractivity contribution in [3.63, 3.8) is 0 Å². The topological polar surface area (TPSA) is 84.3 Å². The number of benzene rings is 2. The maximum Gasteiger partial charge on any atom is 0.323 e. The number of carbonyl (C=O) groups excluding carboxylic acids is 1. The van der Waals surface area contributed by atoms with Gasteiger partial charge in [0.1, 0.15) is 0 Å². The third kappa shape index (κ3) is 3.92. The van der Waals surface area contributed by atoms with Crippen molar-refractivity contribution in [2.75, 3.05) is 10.6 Å². The van der Waals surface area contributed by atoms with E-state index in [2.05, 4.69) is 33.2 Å². The molecule has 2 amide bonds. The van der Waals surface area contributed by atoms with Crippen molar-refractivity contribution >= 4 is 45.7 Å². The van der Waals surface area contributed by atoms with Crippen LogP contribution in [-0.2, 0) is 0 Å². The highest BCUT2D eigenvalue weighted by Gasteiger charge is 2.06. The zero-order valence-electron chi connectivity index (χ0n) is 10.2. The molecule has 102 valence electrons. The standard InChI is InChI=1S/C13H10IN3O3/c14-9-2-1-3-11(8-9)16-13(18)15-10-4-6-12(7-5-10)17(19)20/h1-8H,(H2,15,16,18). The van der Waals surface area contributed by atoms with Crippen LogP contribution in [0.5, 0.6) is 0 Å². The second-order valence-corrected chi connectivity index (χ2v) is 5.14. The molecule has 6 nitrogen and oxygen atoms in total. The number of nitrogens with zero attached hydrogens (tertiary/aromatic N) is 1. The van der Waals surface area contributed by atoms with Gasteiger partial charge in [-0.15, -0.1) is 0 Å². The van der Waals surface area contributed by atoms with E-state index in [4.69, 9.17) is 0 Å². The largest absolute Gasteiger partial charge is 0.323 e. The minimum absolute atomic E-state index is 0.0198. The number of urea groups is 1. The Morgan fingerprint density at radius 2 is 1.70 bits per heavy atom. The minimum Gasteiger partial charge on any atom is -0.308 e. The Bertz CT molecular complexity index is 644. The summed E-state index contributed by atoms with van der Waals surface area (Å²) in [5, 5.41) is 15.8. The van der Waals surface area contributed by atoms with Crippen molar-refractivity contribution in [2.24, 2.45) is 0 Å². The number of hydrogen-bond donors (Lipinski definition) is 2. The third-order valence-corrected chi connectivity index (χ3v) is 3.09. The monoisotopic (exact) mass is 383 g/mol. The van der Waals surface area contributed by atoms with E-state index in [0.29, 0.717) is 11.4 Å². The van der Waals surface area contributed by atoms with Crippen LogP contribution in [-0.4, -0.2) is 11.0 Å². The quantitative estimate of drug-likeness (QED) is 0.480. The van der Waals surface area contributed by atoms with E-state index in [0.717, 1.165) is 3.57 Å². The van der Waals surface area contributed by atoms with Crippen LogP contribution in [0.15, 0.2) is 48.5 Å². The summed E-state index contributed by atoms with van der Waals surface area (Å²) in [4.78, 5) is 21.8. The average molecular weight is 383 g/mol. The van der Waals surface area contributed by atoms with Gasteiger partial charge in [0.15, 0.2) is 0 Å². The summed E-state index contributed by atoms with van der Waals surface area (Å²) in [6.07, 6.45) is 0. The van der Waals surface area contributed by atoms with Gasteiger partial charge in [0.25, 0.3) is 5.69 Å². The van der Waals surface area contributed by atoms with Crippen LogP contribution in [0.2, 0.25) is 0 Å². The third-order valence-electron chi connectivity index (χ3n) is 2.42. The first kappa shape index (κ1) is 14.3. The highest BCUT2D eigenvalue weighted by Crippen LogP contribution is 2.16. The molecule has 20 heavy (non-hydrogen) atoms. The molecule has 2 aromatic carbocycles. The van der Waals surface area contributed by atoms with Gasteiger partial charge in [0.05, 0.1) is 4.92 Å². The highest BCUT2D eigenvalue weighted by molar-refractivity contribution is 14.1. The van der Waals surface area contributed by atoms with Crippen LogP contribution in [0.4, 0.5) is 21.9 Å². The lowest BCUT2D eigenvalue weighted by molar-refractivity contribution is -0.384. The van der Waals surface area contributed by atoms with E-state index in [9.17, 15) is 14.9 Å². The van der Waals surface area contributed by atoms with Gasteiger partial charge in [-0.1, -0.05) is 6.07 Å². The van der Waals surface area contributed by atoms with Gasteiger partial charge < -0.3 is 10.6 Å². The van der Waals surface area contributed by atoms with E-state index in [1.807, 2.05) is 18.2 Å². The van der Waals surface area contributed by atoms with E-state index >= 15 is 0 Å². The molecule has 7 heteroatoms. The fraction of sp³-hybridized carbons (Fsp3) is 0. The van der Waals surface area contributed by atoms with Gasteiger partial charge in [-0.3, -0.25) is 10.1 Å². The van der Waals surface area contributed by atoms with Crippen LogP contribution >= 0.6 is 22.6 Å².